The molecule has 0 saturated heterocycles. The molecule has 0 unspecified atom stereocenters. The van der Waals surface area contributed by atoms with E-state index in [-0.39, 0.29) is 17.7 Å². The van der Waals surface area contributed by atoms with Crippen molar-refractivity contribution in [3.63, 3.8) is 0 Å². The van der Waals surface area contributed by atoms with Crippen LogP contribution in [0.2, 0.25) is 0 Å². The Hall–Kier alpha value is -5.10. The number of aliphatic imine (C=N–C) groups is 1. The third kappa shape index (κ3) is 7.94. The predicted molar refractivity (Wildman–Crippen MR) is 174 cm³/mol. The smallest absolute Gasteiger partial charge is 0.257 e. The highest BCUT2D eigenvalue weighted by Gasteiger charge is 2.28. The summed E-state index contributed by atoms with van der Waals surface area (Å²) in [7, 11) is 1.55. The van der Waals surface area contributed by atoms with Crippen LogP contribution in [0.5, 0.6) is 5.75 Å². The van der Waals surface area contributed by atoms with Gasteiger partial charge in [-0.3, -0.25) is 24.5 Å². The third-order valence-electron chi connectivity index (χ3n) is 7.99. The first-order valence-electron chi connectivity index (χ1n) is 15.2. The van der Waals surface area contributed by atoms with Crippen molar-refractivity contribution in [2.75, 3.05) is 51.8 Å². The summed E-state index contributed by atoms with van der Waals surface area (Å²) in [6, 6.07) is 11.0. The van der Waals surface area contributed by atoms with E-state index in [1.54, 1.807) is 33.1 Å². The molecular formula is C35H37N7O4. The van der Waals surface area contributed by atoms with E-state index in [1.165, 1.54) is 30.7 Å². The van der Waals surface area contributed by atoms with Crippen LogP contribution in [0.3, 0.4) is 0 Å². The molecule has 2 N–H and O–H groups in total. The van der Waals surface area contributed by atoms with E-state index >= 15 is 0 Å². The molecule has 1 fully saturated rings. The Kier molecular flexibility index (Phi) is 10.4. The minimum absolute atomic E-state index is 0.195. The lowest BCUT2D eigenvalue weighted by Crippen LogP contribution is -2.40. The van der Waals surface area contributed by atoms with Gasteiger partial charge in [-0.25, -0.2) is 4.98 Å². The van der Waals surface area contributed by atoms with Crippen LogP contribution in [0.4, 0.5) is 5.82 Å². The van der Waals surface area contributed by atoms with Crippen molar-refractivity contribution in [2.24, 2.45) is 4.99 Å². The van der Waals surface area contributed by atoms with Crippen LogP contribution in [-0.4, -0.2) is 78.8 Å². The highest BCUT2D eigenvalue weighted by atomic mass is 16.5. The van der Waals surface area contributed by atoms with Crippen molar-refractivity contribution < 1.29 is 19.1 Å². The molecule has 0 spiro atoms. The highest BCUT2D eigenvalue weighted by molar-refractivity contribution is 6.08. The number of pyridine rings is 2. The molecule has 11 nitrogen and oxygen atoms in total. The molecule has 0 radical (unpaired) electrons. The minimum atomic E-state index is -0.541. The van der Waals surface area contributed by atoms with Crippen molar-refractivity contribution in [3.8, 4) is 24.2 Å². The molecule has 0 bridgehead atoms. The van der Waals surface area contributed by atoms with E-state index < -0.39 is 17.9 Å². The van der Waals surface area contributed by atoms with Crippen molar-refractivity contribution in [1.29, 1.82) is 5.26 Å². The van der Waals surface area contributed by atoms with Gasteiger partial charge in [-0.1, -0.05) is 12.0 Å². The third-order valence-corrected chi connectivity index (χ3v) is 7.99. The average Bonchev–Trinajstić information content (AvgIpc) is 3.91. The van der Waals surface area contributed by atoms with E-state index in [0.29, 0.717) is 72.7 Å². The molecule has 1 aliphatic carbocycles. The van der Waals surface area contributed by atoms with Crippen LogP contribution in [-0.2, 0) is 4.74 Å². The summed E-state index contributed by atoms with van der Waals surface area (Å²) in [5.41, 5.74) is 4.72. The number of carbonyl (C=O) groups excluding carboxylic acids is 2. The van der Waals surface area contributed by atoms with E-state index in [4.69, 9.17) is 26.1 Å². The van der Waals surface area contributed by atoms with E-state index in [1.807, 2.05) is 18.3 Å². The summed E-state index contributed by atoms with van der Waals surface area (Å²) >= 11 is 0. The number of hydrogen-bond acceptors (Lipinski definition) is 9. The zero-order chi connectivity index (χ0) is 32.6. The number of aromatic nitrogens is 2. The number of carbonyl (C=O) groups is 2. The van der Waals surface area contributed by atoms with Gasteiger partial charge in [-0.05, 0) is 73.6 Å². The van der Waals surface area contributed by atoms with Gasteiger partial charge in [-0.15, -0.1) is 6.42 Å². The predicted octanol–water partition coefficient (Wildman–Crippen LogP) is 3.98. The first-order valence-corrected chi connectivity index (χ1v) is 15.2. The number of anilines is 1. The van der Waals surface area contributed by atoms with Gasteiger partial charge in [0.1, 0.15) is 17.6 Å². The molecule has 1 saturated carbocycles. The van der Waals surface area contributed by atoms with Crippen molar-refractivity contribution >= 4 is 23.3 Å². The zero-order valence-electron chi connectivity index (χ0n) is 26.3. The Labute approximate surface area is 269 Å². The van der Waals surface area contributed by atoms with Crippen LogP contribution in [0.25, 0.3) is 0 Å². The van der Waals surface area contributed by atoms with Crippen LogP contribution in [0, 0.1) is 37.5 Å². The SMILES string of the molecule is C#CC1=NCCN(C[C@@H](Oc2cc(C)c(C(=O)Nc3ncc(C#N)cc3C)cc2C(=O)NCCOC)c2ccc(C3CC3)cn2)C1. The molecule has 3 aromatic rings. The fourth-order valence-corrected chi connectivity index (χ4v) is 5.26. The number of terminal acetylenes is 1. The zero-order valence-corrected chi connectivity index (χ0v) is 26.3. The summed E-state index contributed by atoms with van der Waals surface area (Å²) in [5, 5.41) is 14.8. The maximum atomic E-state index is 13.5. The second-order valence-corrected chi connectivity index (χ2v) is 11.5. The molecule has 11 heteroatoms. The van der Waals surface area contributed by atoms with Crippen LogP contribution in [0.15, 0.2) is 47.7 Å². The molecule has 2 amide bonds. The Morgan fingerprint density at radius 3 is 2.61 bits per heavy atom. The summed E-state index contributed by atoms with van der Waals surface area (Å²) in [4.78, 5) is 42.6. The normalized spacial score (nSPS) is 15.2. The second-order valence-electron chi connectivity index (χ2n) is 11.5. The van der Waals surface area contributed by atoms with Crippen LogP contribution in [0.1, 0.15) is 73.5 Å². The Bertz CT molecular complexity index is 1720. The van der Waals surface area contributed by atoms with Gasteiger partial charge in [0.15, 0.2) is 6.10 Å². The van der Waals surface area contributed by atoms with E-state index in [2.05, 4.69) is 37.5 Å². The number of nitrogens with zero attached hydrogens (tertiary/aromatic N) is 5. The van der Waals surface area contributed by atoms with Gasteiger partial charge in [0, 0.05) is 51.2 Å². The molecule has 5 rings (SSSR count). The summed E-state index contributed by atoms with van der Waals surface area (Å²) in [6.07, 6.45) is 10.8. The molecule has 1 atom stereocenters. The largest absolute Gasteiger partial charge is 0.482 e. The van der Waals surface area contributed by atoms with Gasteiger partial charge >= 0.3 is 0 Å². The van der Waals surface area contributed by atoms with Crippen LogP contribution < -0.4 is 15.4 Å². The Balaban J connectivity index is 1.48. The Morgan fingerprint density at radius 2 is 1.93 bits per heavy atom. The van der Waals surface area contributed by atoms with Gasteiger partial charge in [-0.2, -0.15) is 5.26 Å². The minimum Gasteiger partial charge on any atom is -0.482 e. The summed E-state index contributed by atoms with van der Waals surface area (Å²) in [5.74, 6) is 3.00. The van der Waals surface area contributed by atoms with Crippen molar-refractivity contribution in [2.45, 2.75) is 38.7 Å². The number of amides is 2. The first-order chi connectivity index (χ1) is 22.3. The average molecular weight is 620 g/mol. The molecule has 1 aromatic carbocycles. The number of nitriles is 1. The highest BCUT2D eigenvalue weighted by Crippen LogP contribution is 2.40. The number of ether oxygens (including phenoxy) is 2. The molecule has 46 heavy (non-hydrogen) atoms. The fraction of sp³-hybridized carbons (Fsp3) is 0.371. The topological polar surface area (TPSA) is 142 Å². The number of hydrogen-bond donors (Lipinski definition) is 2. The number of nitrogens with one attached hydrogen (secondary N) is 2. The standard InChI is InChI=1S/C35H37N7O4/c1-5-27-20-42(12-10-37-27)21-32(30-9-8-26(19-39-30)25-6-7-25)46-31-15-22(2)28(16-29(31)34(43)38-11-13-45-4)35(44)41-33-23(3)14-24(17-36)18-40-33/h1,8-9,14-16,18-19,25,32H,6-7,10-13,20-21H2,2-4H3,(H,38,43)(H,40,41,44)/t32-/m1/s1. The maximum absolute atomic E-state index is 13.5. The van der Waals surface area contributed by atoms with E-state index in [0.717, 1.165) is 5.69 Å². The number of benzene rings is 1. The molecule has 3 heterocycles. The first kappa shape index (κ1) is 32.3. The monoisotopic (exact) mass is 619 g/mol. The molecular weight excluding hydrogens is 582 g/mol. The molecule has 2 aromatic heterocycles. The Morgan fingerprint density at radius 1 is 1.11 bits per heavy atom. The number of aryl methyl sites for hydroxylation is 2. The molecule has 236 valence electrons. The maximum Gasteiger partial charge on any atom is 0.257 e. The summed E-state index contributed by atoms with van der Waals surface area (Å²) in [6.45, 7) is 6.40. The van der Waals surface area contributed by atoms with E-state index in [9.17, 15) is 9.59 Å². The number of rotatable bonds is 12. The quantitative estimate of drug-likeness (QED) is 0.229. The van der Waals surface area contributed by atoms with Gasteiger partial charge in [0.2, 0.25) is 0 Å². The van der Waals surface area contributed by atoms with Crippen LogP contribution >= 0.6 is 0 Å². The van der Waals surface area contributed by atoms with Crippen molar-refractivity contribution in [1.82, 2.24) is 20.2 Å². The summed E-state index contributed by atoms with van der Waals surface area (Å²) < 4.78 is 11.8. The van der Waals surface area contributed by atoms with Gasteiger partial charge in [0.05, 0.1) is 35.7 Å². The molecule has 2 aliphatic rings. The number of methoxy groups -OCH3 is 1. The van der Waals surface area contributed by atoms with Gasteiger partial charge < -0.3 is 20.1 Å². The van der Waals surface area contributed by atoms with Gasteiger partial charge in [0.25, 0.3) is 11.8 Å². The van der Waals surface area contributed by atoms with Crippen molar-refractivity contribution in [3.05, 3.63) is 81.8 Å². The molecule has 1 aliphatic heterocycles. The lowest BCUT2D eigenvalue weighted by molar-refractivity contribution is 0.0923. The second kappa shape index (κ2) is 14.8. The lowest BCUT2D eigenvalue weighted by atomic mass is 10.0. The fourth-order valence-electron chi connectivity index (χ4n) is 5.26. The lowest BCUT2D eigenvalue weighted by Gasteiger charge is -2.30.